The number of benzene rings is 2. The highest BCUT2D eigenvalue weighted by Crippen LogP contribution is 2.35. The van der Waals surface area contributed by atoms with Crippen LogP contribution in [0.4, 0.5) is 11.4 Å². The van der Waals surface area contributed by atoms with Crippen LogP contribution in [0, 0.1) is 6.92 Å². The molecule has 7 heteroatoms. The first-order valence-electron chi connectivity index (χ1n) is 8.42. The lowest BCUT2D eigenvalue weighted by Gasteiger charge is -2.34. The molecule has 1 aliphatic heterocycles. The predicted molar refractivity (Wildman–Crippen MR) is 102 cm³/mol. The number of fused-ring (bicyclic) bond motifs is 1. The summed E-state index contributed by atoms with van der Waals surface area (Å²) in [5.74, 6) is 0.00267. The maximum Gasteiger partial charge on any atom is 0.267 e. The summed E-state index contributed by atoms with van der Waals surface area (Å²) in [5, 5.41) is 2.79. The fourth-order valence-corrected chi connectivity index (χ4v) is 3.76. The second kappa shape index (κ2) is 6.99. The van der Waals surface area contributed by atoms with Crippen molar-refractivity contribution in [2.24, 2.45) is 0 Å². The van der Waals surface area contributed by atoms with Crippen molar-refractivity contribution in [3.8, 4) is 5.75 Å². The fourth-order valence-electron chi connectivity index (χ4n) is 2.86. The number of hydrogen-bond donors (Lipinski definition) is 1. The van der Waals surface area contributed by atoms with Gasteiger partial charge in [0, 0.05) is 5.69 Å². The third kappa shape index (κ3) is 3.83. The minimum atomic E-state index is -3.53. The summed E-state index contributed by atoms with van der Waals surface area (Å²) in [5.41, 5.74) is 3.20. The van der Waals surface area contributed by atoms with Crippen LogP contribution in [0.1, 0.15) is 18.1 Å². The van der Waals surface area contributed by atoms with Gasteiger partial charge >= 0.3 is 0 Å². The lowest BCUT2D eigenvalue weighted by molar-refractivity contribution is -0.122. The number of rotatable bonds is 4. The Labute approximate surface area is 153 Å². The normalized spacial score (nSPS) is 16.6. The molecule has 0 radical (unpaired) electrons. The largest absolute Gasteiger partial charge is 0.476 e. The van der Waals surface area contributed by atoms with Crippen molar-refractivity contribution in [2.75, 3.05) is 22.4 Å². The molecule has 0 aromatic heterocycles. The molecule has 0 aliphatic carbocycles. The average molecular weight is 374 g/mol. The number of ether oxygens (including phenoxy) is 1. The van der Waals surface area contributed by atoms with E-state index in [2.05, 4.69) is 12.2 Å². The standard InChI is InChI=1S/C19H22N2O4S/c1-4-14-6-8-15(9-7-14)20-19(22)18-12-21(26(3,23)24)16-11-13(2)5-10-17(16)25-18/h5-11,18H,4,12H2,1-3H3,(H,20,22)/t18-/m0/s1. The number of nitrogens with zero attached hydrogens (tertiary/aromatic N) is 1. The van der Waals surface area contributed by atoms with E-state index < -0.39 is 16.1 Å². The van der Waals surface area contributed by atoms with Crippen LogP contribution >= 0.6 is 0 Å². The van der Waals surface area contributed by atoms with Crippen LogP contribution in [0.2, 0.25) is 0 Å². The van der Waals surface area contributed by atoms with Crippen LogP contribution in [-0.2, 0) is 21.2 Å². The Balaban J connectivity index is 1.84. The van der Waals surface area contributed by atoms with Crippen LogP contribution in [0.25, 0.3) is 0 Å². The van der Waals surface area contributed by atoms with Gasteiger partial charge in [-0.2, -0.15) is 0 Å². The van der Waals surface area contributed by atoms with Crippen molar-refractivity contribution >= 4 is 27.3 Å². The molecule has 2 aromatic rings. The summed E-state index contributed by atoms with van der Waals surface area (Å²) in [4.78, 5) is 12.6. The second-order valence-corrected chi connectivity index (χ2v) is 8.32. The Hall–Kier alpha value is -2.54. The molecule has 0 spiro atoms. The number of carbonyl (C=O) groups is 1. The lowest BCUT2D eigenvalue weighted by atomic mass is 10.1. The third-order valence-electron chi connectivity index (χ3n) is 4.31. The Morgan fingerprint density at radius 3 is 2.54 bits per heavy atom. The minimum Gasteiger partial charge on any atom is -0.476 e. The summed E-state index contributed by atoms with van der Waals surface area (Å²) < 4.78 is 31.4. The van der Waals surface area contributed by atoms with Crippen molar-refractivity contribution in [1.82, 2.24) is 0 Å². The van der Waals surface area contributed by atoms with E-state index in [9.17, 15) is 13.2 Å². The number of aryl methyl sites for hydroxylation is 2. The molecule has 0 bridgehead atoms. The van der Waals surface area contributed by atoms with E-state index in [1.165, 1.54) is 9.87 Å². The Morgan fingerprint density at radius 2 is 1.92 bits per heavy atom. The number of hydrogen-bond acceptors (Lipinski definition) is 4. The monoisotopic (exact) mass is 374 g/mol. The van der Waals surface area contributed by atoms with Gasteiger partial charge in [-0.3, -0.25) is 9.10 Å². The highest BCUT2D eigenvalue weighted by molar-refractivity contribution is 7.92. The van der Waals surface area contributed by atoms with Gasteiger partial charge in [-0.25, -0.2) is 8.42 Å². The summed E-state index contributed by atoms with van der Waals surface area (Å²) in [6.45, 7) is 3.87. The van der Waals surface area contributed by atoms with Gasteiger partial charge in [-0.1, -0.05) is 25.1 Å². The molecule has 138 valence electrons. The maximum atomic E-state index is 12.6. The zero-order valence-electron chi connectivity index (χ0n) is 15.0. The van der Waals surface area contributed by atoms with Gasteiger partial charge in [0.15, 0.2) is 6.10 Å². The van der Waals surface area contributed by atoms with Gasteiger partial charge in [-0.15, -0.1) is 0 Å². The maximum absolute atomic E-state index is 12.6. The number of sulfonamides is 1. The van der Waals surface area contributed by atoms with Crippen molar-refractivity contribution in [2.45, 2.75) is 26.4 Å². The van der Waals surface area contributed by atoms with E-state index in [0.717, 1.165) is 18.2 Å². The molecule has 1 amide bonds. The molecule has 1 heterocycles. The molecule has 1 N–H and O–H groups in total. The van der Waals surface area contributed by atoms with Crippen molar-refractivity contribution in [3.05, 3.63) is 53.6 Å². The quantitative estimate of drug-likeness (QED) is 0.893. The van der Waals surface area contributed by atoms with E-state index in [0.29, 0.717) is 17.1 Å². The Morgan fingerprint density at radius 1 is 1.23 bits per heavy atom. The van der Waals surface area contributed by atoms with Crippen molar-refractivity contribution < 1.29 is 17.9 Å². The van der Waals surface area contributed by atoms with Crippen molar-refractivity contribution in [3.63, 3.8) is 0 Å². The third-order valence-corrected chi connectivity index (χ3v) is 5.45. The molecule has 26 heavy (non-hydrogen) atoms. The first kappa shape index (κ1) is 18.3. The molecule has 0 saturated heterocycles. The molecular weight excluding hydrogens is 352 g/mol. The van der Waals surface area contributed by atoms with Crippen LogP contribution in [0.5, 0.6) is 5.75 Å². The summed E-state index contributed by atoms with van der Waals surface area (Å²) in [6.07, 6.45) is 1.12. The first-order chi connectivity index (χ1) is 12.3. The van der Waals surface area contributed by atoms with Gasteiger partial charge < -0.3 is 10.1 Å². The average Bonchev–Trinajstić information content (AvgIpc) is 2.60. The van der Waals surface area contributed by atoms with E-state index in [1.807, 2.05) is 37.3 Å². The van der Waals surface area contributed by atoms with E-state index >= 15 is 0 Å². The summed E-state index contributed by atoms with van der Waals surface area (Å²) in [7, 11) is -3.53. The van der Waals surface area contributed by atoms with Gasteiger partial charge in [0.25, 0.3) is 5.91 Å². The molecule has 1 aliphatic rings. The topological polar surface area (TPSA) is 75.7 Å². The zero-order valence-corrected chi connectivity index (χ0v) is 15.8. The number of amides is 1. The SMILES string of the molecule is CCc1ccc(NC(=O)[C@@H]2CN(S(C)(=O)=O)c3cc(C)ccc3O2)cc1. The highest BCUT2D eigenvalue weighted by atomic mass is 32.2. The van der Waals surface area contributed by atoms with Gasteiger partial charge in [-0.05, 0) is 48.7 Å². The van der Waals surface area contributed by atoms with Crippen molar-refractivity contribution in [1.29, 1.82) is 0 Å². The molecule has 0 fully saturated rings. The van der Waals surface area contributed by atoms with E-state index in [-0.39, 0.29) is 12.5 Å². The number of carbonyl (C=O) groups excluding carboxylic acids is 1. The predicted octanol–water partition coefficient (Wildman–Crippen LogP) is 2.72. The van der Waals surface area contributed by atoms with Crippen LogP contribution in [-0.4, -0.2) is 33.2 Å². The molecule has 1 atom stereocenters. The van der Waals surface area contributed by atoms with Crippen LogP contribution < -0.4 is 14.4 Å². The number of anilines is 2. The molecule has 3 rings (SSSR count). The van der Waals surface area contributed by atoms with E-state index in [4.69, 9.17) is 4.74 Å². The molecule has 0 unspecified atom stereocenters. The second-order valence-electron chi connectivity index (χ2n) is 6.41. The molecule has 2 aromatic carbocycles. The highest BCUT2D eigenvalue weighted by Gasteiger charge is 2.35. The smallest absolute Gasteiger partial charge is 0.267 e. The van der Waals surface area contributed by atoms with Crippen LogP contribution in [0.15, 0.2) is 42.5 Å². The van der Waals surface area contributed by atoms with Gasteiger partial charge in [0.2, 0.25) is 10.0 Å². The summed E-state index contributed by atoms with van der Waals surface area (Å²) >= 11 is 0. The van der Waals surface area contributed by atoms with E-state index in [1.54, 1.807) is 12.1 Å². The fraction of sp³-hybridized carbons (Fsp3) is 0.316. The van der Waals surface area contributed by atoms with Gasteiger partial charge in [0.1, 0.15) is 5.75 Å². The first-order valence-corrected chi connectivity index (χ1v) is 10.3. The van der Waals surface area contributed by atoms with Gasteiger partial charge in [0.05, 0.1) is 18.5 Å². The zero-order chi connectivity index (χ0) is 18.9. The lowest BCUT2D eigenvalue weighted by Crippen LogP contribution is -2.48. The molecular formula is C19H22N2O4S. The minimum absolute atomic E-state index is 0.0613. The number of nitrogens with one attached hydrogen (secondary N) is 1. The Kier molecular flexibility index (Phi) is 4.91. The Bertz CT molecular complexity index is 923. The molecule has 6 nitrogen and oxygen atoms in total. The summed E-state index contributed by atoms with van der Waals surface area (Å²) in [6, 6.07) is 12.8. The molecule has 0 saturated carbocycles. The van der Waals surface area contributed by atoms with Crippen LogP contribution in [0.3, 0.4) is 0 Å².